The van der Waals surface area contributed by atoms with Crippen molar-refractivity contribution in [2.75, 3.05) is 13.2 Å². The van der Waals surface area contributed by atoms with Crippen molar-refractivity contribution in [1.82, 2.24) is 10.3 Å². The van der Waals surface area contributed by atoms with Gasteiger partial charge in [0.25, 0.3) is 0 Å². The molecule has 1 aromatic heterocycles. The Bertz CT molecular complexity index is 1370. The molecule has 0 saturated heterocycles. The lowest BCUT2D eigenvalue weighted by Gasteiger charge is -2.20. The number of aliphatic hydroxyl groups is 2. The number of H-pyrrole nitrogens is 1. The third-order valence-electron chi connectivity index (χ3n) is 6.31. The normalized spacial score (nSPS) is 14.3. The number of nitrogens with one attached hydrogen (secondary N) is 2. The Kier molecular flexibility index (Phi) is 5.88. The third-order valence-corrected chi connectivity index (χ3v) is 6.31. The highest BCUT2D eigenvalue weighted by Crippen LogP contribution is 2.44. The molecule has 0 radical (unpaired) electrons. The first-order valence-corrected chi connectivity index (χ1v) is 11.1. The number of carbonyl (C=O) groups is 1. The Hall–Kier alpha value is -3.94. The minimum atomic E-state index is -1.31. The number of aromatic amines is 1. The van der Waals surface area contributed by atoms with Crippen LogP contribution in [0.4, 0.5) is 4.79 Å². The van der Waals surface area contributed by atoms with E-state index in [0.717, 1.165) is 22.3 Å². The Morgan fingerprint density at radius 3 is 2.32 bits per heavy atom. The van der Waals surface area contributed by atoms with E-state index in [4.69, 9.17) is 4.74 Å². The number of hydrogen-bond donors (Lipinski definition) is 4. The average molecular weight is 456 g/mol. The fraction of sp³-hybridized carbons (Fsp3) is 0.185. The van der Waals surface area contributed by atoms with Crippen LogP contribution in [0.2, 0.25) is 0 Å². The van der Waals surface area contributed by atoms with Crippen LogP contribution >= 0.6 is 0 Å². The topological polar surface area (TPSA) is 112 Å². The van der Waals surface area contributed by atoms with Crippen LogP contribution in [-0.4, -0.2) is 40.5 Å². The second kappa shape index (κ2) is 9.13. The Labute approximate surface area is 195 Å². The zero-order valence-corrected chi connectivity index (χ0v) is 18.3. The van der Waals surface area contributed by atoms with E-state index in [1.807, 2.05) is 36.4 Å². The quantitative estimate of drug-likeness (QED) is 0.355. The molecule has 2 atom stereocenters. The maximum atomic E-state index is 12.4. The van der Waals surface area contributed by atoms with Gasteiger partial charge in [0, 0.05) is 35.7 Å². The zero-order valence-electron chi connectivity index (χ0n) is 18.3. The van der Waals surface area contributed by atoms with Gasteiger partial charge in [-0.1, -0.05) is 60.7 Å². The van der Waals surface area contributed by atoms with E-state index in [1.54, 1.807) is 18.2 Å². The fourth-order valence-corrected chi connectivity index (χ4v) is 4.63. The zero-order chi connectivity index (χ0) is 23.7. The van der Waals surface area contributed by atoms with Crippen LogP contribution in [0.1, 0.15) is 28.7 Å². The summed E-state index contributed by atoms with van der Waals surface area (Å²) in [5.74, 6) is -0.0684. The summed E-state index contributed by atoms with van der Waals surface area (Å²) in [5.41, 5.74) is 5.13. The van der Waals surface area contributed by atoms with Gasteiger partial charge in [-0.05, 0) is 28.3 Å². The second-order valence-corrected chi connectivity index (χ2v) is 8.33. The highest BCUT2D eigenvalue weighted by molar-refractivity contribution is 5.82. The molecular formula is C27H24N2O5. The van der Waals surface area contributed by atoms with Gasteiger partial charge in [-0.3, -0.25) is 4.79 Å². The van der Waals surface area contributed by atoms with Gasteiger partial charge in [0.2, 0.25) is 0 Å². The summed E-state index contributed by atoms with van der Waals surface area (Å²) in [6.45, 7) is -0.0611. The number of rotatable bonds is 6. The highest BCUT2D eigenvalue weighted by Gasteiger charge is 2.29. The van der Waals surface area contributed by atoms with E-state index < -0.39 is 18.3 Å². The predicted molar refractivity (Wildman–Crippen MR) is 129 cm³/mol. The Morgan fingerprint density at radius 2 is 1.62 bits per heavy atom. The minimum absolute atomic E-state index is 0.0684. The molecule has 0 saturated carbocycles. The summed E-state index contributed by atoms with van der Waals surface area (Å²) in [6.07, 6.45) is -1.80. The molecule has 1 heterocycles. The number of aliphatic hydroxyl groups excluding tert-OH is 2. The number of hydrogen-bond acceptors (Lipinski definition) is 5. The first-order valence-electron chi connectivity index (χ1n) is 11.1. The van der Waals surface area contributed by atoms with Crippen molar-refractivity contribution < 1.29 is 19.7 Å². The summed E-state index contributed by atoms with van der Waals surface area (Å²) in [4.78, 5) is 27.4. The smallest absolute Gasteiger partial charge is 0.407 e. The molecule has 0 bridgehead atoms. The number of ether oxygens (including phenoxy) is 1. The van der Waals surface area contributed by atoms with Crippen LogP contribution in [0.5, 0.6) is 0 Å². The van der Waals surface area contributed by atoms with Crippen LogP contribution in [0.3, 0.4) is 0 Å². The van der Waals surface area contributed by atoms with Gasteiger partial charge < -0.3 is 25.3 Å². The van der Waals surface area contributed by atoms with E-state index in [1.165, 1.54) is 12.3 Å². The van der Waals surface area contributed by atoms with Crippen molar-refractivity contribution >= 4 is 17.0 Å². The predicted octanol–water partition coefficient (Wildman–Crippen LogP) is 3.46. The lowest BCUT2D eigenvalue weighted by molar-refractivity contribution is 0.0193. The maximum Gasteiger partial charge on any atom is 0.407 e. The Morgan fingerprint density at radius 1 is 0.941 bits per heavy atom. The molecule has 4 aromatic rings. The average Bonchev–Trinajstić information content (AvgIpc) is 3.19. The van der Waals surface area contributed by atoms with Crippen molar-refractivity contribution in [2.45, 2.75) is 18.1 Å². The SMILES string of the molecule is O=C(NCC(O)C(O)c1cccc2c(=O)cc[nH]c12)OCC1c2ccccc2-c2ccccc21. The molecule has 4 N–H and O–H groups in total. The van der Waals surface area contributed by atoms with Crippen molar-refractivity contribution in [3.63, 3.8) is 0 Å². The molecular weight excluding hydrogens is 432 g/mol. The number of benzene rings is 3. The number of pyridine rings is 1. The summed E-state index contributed by atoms with van der Waals surface area (Å²) in [7, 11) is 0. The van der Waals surface area contributed by atoms with Crippen LogP contribution in [0.25, 0.3) is 22.0 Å². The standard InChI is InChI=1S/C27H24N2O5/c30-23-12-13-28-25-20(23)10-5-11-21(25)26(32)24(31)14-29-27(33)34-15-22-18-8-3-1-6-16(18)17-7-2-4-9-19(17)22/h1-13,22,24,26,31-32H,14-15H2,(H,28,30)(H,29,33). The van der Waals surface area contributed by atoms with Crippen LogP contribution < -0.4 is 10.7 Å². The van der Waals surface area contributed by atoms with Gasteiger partial charge in [0.15, 0.2) is 5.43 Å². The van der Waals surface area contributed by atoms with Crippen LogP contribution in [0.15, 0.2) is 83.8 Å². The van der Waals surface area contributed by atoms with Gasteiger partial charge in [-0.15, -0.1) is 0 Å². The second-order valence-electron chi connectivity index (χ2n) is 8.33. The van der Waals surface area contributed by atoms with Crippen LogP contribution in [-0.2, 0) is 4.74 Å². The van der Waals surface area contributed by atoms with E-state index >= 15 is 0 Å². The largest absolute Gasteiger partial charge is 0.449 e. The van der Waals surface area contributed by atoms with E-state index in [9.17, 15) is 19.8 Å². The molecule has 1 amide bonds. The van der Waals surface area contributed by atoms with Gasteiger partial charge in [0.1, 0.15) is 18.8 Å². The number of carbonyl (C=O) groups excluding carboxylic acids is 1. The summed E-state index contributed by atoms with van der Waals surface area (Å²) in [5, 5.41) is 24.1. The fourth-order valence-electron chi connectivity index (χ4n) is 4.63. The van der Waals surface area contributed by atoms with Crippen LogP contribution in [0, 0.1) is 0 Å². The van der Waals surface area contributed by atoms with Gasteiger partial charge in [0.05, 0.1) is 5.52 Å². The van der Waals surface area contributed by atoms with Gasteiger partial charge in [-0.25, -0.2) is 4.79 Å². The summed E-state index contributed by atoms with van der Waals surface area (Å²) < 4.78 is 5.47. The monoisotopic (exact) mass is 456 g/mol. The molecule has 0 fully saturated rings. The van der Waals surface area contributed by atoms with Gasteiger partial charge >= 0.3 is 6.09 Å². The number of para-hydroxylation sites is 1. The first-order chi connectivity index (χ1) is 16.5. The van der Waals surface area contributed by atoms with Gasteiger partial charge in [-0.2, -0.15) is 0 Å². The molecule has 1 aliphatic carbocycles. The molecule has 0 spiro atoms. The molecule has 172 valence electrons. The molecule has 0 aliphatic heterocycles. The minimum Gasteiger partial charge on any atom is -0.449 e. The lowest BCUT2D eigenvalue weighted by atomic mass is 9.98. The van der Waals surface area contributed by atoms with Crippen molar-refractivity contribution in [3.05, 3.63) is 106 Å². The van der Waals surface area contributed by atoms with Crippen molar-refractivity contribution in [1.29, 1.82) is 0 Å². The van der Waals surface area contributed by atoms with E-state index in [2.05, 4.69) is 22.4 Å². The van der Waals surface area contributed by atoms with Crippen molar-refractivity contribution in [3.8, 4) is 11.1 Å². The molecule has 3 aromatic carbocycles. The summed E-state index contributed by atoms with van der Waals surface area (Å²) >= 11 is 0. The maximum absolute atomic E-state index is 12.4. The lowest BCUT2D eigenvalue weighted by Crippen LogP contribution is -2.36. The number of alkyl carbamates (subject to hydrolysis) is 1. The number of fused-ring (bicyclic) bond motifs is 4. The van der Waals surface area contributed by atoms with E-state index in [-0.39, 0.29) is 24.5 Å². The molecule has 7 heteroatoms. The third kappa shape index (κ3) is 3.96. The molecule has 2 unspecified atom stereocenters. The molecule has 34 heavy (non-hydrogen) atoms. The Balaban J connectivity index is 1.22. The number of aromatic nitrogens is 1. The van der Waals surface area contributed by atoms with Crippen molar-refractivity contribution in [2.24, 2.45) is 0 Å². The summed E-state index contributed by atoms with van der Waals surface area (Å²) in [6, 6.07) is 22.4. The van der Waals surface area contributed by atoms with E-state index in [0.29, 0.717) is 16.5 Å². The first kappa shape index (κ1) is 21.9. The molecule has 7 nitrogen and oxygen atoms in total. The molecule has 1 aliphatic rings. The highest BCUT2D eigenvalue weighted by atomic mass is 16.5. The number of amides is 1. The molecule has 5 rings (SSSR count).